The Morgan fingerprint density at radius 3 is 2.94 bits per heavy atom. The number of halogens is 1. The summed E-state index contributed by atoms with van der Waals surface area (Å²) in [6.07, 6.45) is 0. The fourth-order valence-electron chi connectivity index (χ4n) is 0.966. The molecule has 0 aliphatic rings. The van der Waals surface area contributed by atoms with Gasteiger partial charge in [-0.1, -0.05) is 18.2 Å². The van der Waals surface area contributed by atoms with E-state index in [1.165, 1.54) is 12.1 Å². The van der Waals surface area contributed by atoms with E-state index in [0.717, 1.165) is 0 Å². The third kappa shape index (κ3) is 2.93. The summed E-state index contributed by atoms with van der Waals surface area (Å²) in [6, 6.07) is 4.27. The lowest BCUT2D eigenvalue weighted by atomic mass is 10.3. The largest absolute Gasteiger partial charge is 0.365 e. The van der Waals surface area contributed by atoms with Crippen molar-refractivity contribution in [2.75, 3.05) is 11.9 Å². The first-order valence-electron chi connectivity index (χ1n) is 4.17. The van der Waals surface area contributed by atoms with Crippen LogP contribution in [0.15, 0.2) is 23.7 Å². The van der Waals surface area contributed by atoms with Gasteiger partial charge in [0.15, 0.2) is 0 Å². The van der Waals surface area contributed by atoms with Crippen LogP contribution in [0, 0.1) is 21.4 Å². The first-order valence-corrected chi connectivity index (χ1v) is 4.55. The fraction of sp³-hybridized carbons (Fsp3) is 0.111. The SMILES string of the molecule is C=C(Cl)CNc1ccc([N+](=O)[O-])c(C#N)n1. The summed E-state index contributed by atoms with van der Waals surface area (Å²) < 4.78 is 0. The highest BCUT2D eigenvalue weighted by molar-refractivity contribution is 6.29. The lowest BCUT2D eigenvalue weighted by molar-refractivity contribution is -0.385. The van der Waals surface area contributed by atoms with Gasteiger partial charge in [0.25, 0.3) is 0 Å². The van der Waals surface area contributed by atoms with Crippen LogP contribution in [0.2, 0.25) is 0 Å². The van der Waals surface area contributed by atoms with Crippen molar-refractivity contribution in [2.24, 2.45) is 0 Å². The molecule has 82 valence electrons. The Morgan fingerprint density at radius 1 is 1.75 bits per heavy atom. The van der Waals surface area contributed by atoms with E-state index < -0.39 is 4.92 Å². The normalized spacial score (nSPS) is 9.25. The molecule has 0 saturated heterocycles. The van der Waals surface area contributed by atoms with Crippen molar-refractivity contribution >= 4 is 23.1 Å². The van der Waals surface area contributed by atoms with Crippen LogP contribution in [0.25, 0.3) is 0 Å². The maximum absolute atomic E-state index is 10.5. The van der Waals surface area contributed by atoms with Gasteiger partial charge in [0.1, 0.15) is 11.9 Å². The molecule has 1 aromatic rings. The zero-order valence-corrected chi connectivity index (χ0v) is 8.86. The summed E-state index contributed by atoms with van der Waals surface area (Å²) in [5.41, 5.74) is -0.562. The van der Waals surface area contributed by atoms with E-state index in [2.05, 4.69) is 16.9 Å². The van der Waals surface area contributed by atoms with Gasteiger partial charge in [-0.05, 0) is 6.07 Å². The zero-order chi connectivity index (χ0) is 12.1. The number of nitrogens with one attached hydrogen (secondary N) is 1. The van der Waals surface area contributed by atoms with Gasteiger partial charge < -0.3 is 5.32 Å². The number of anilines is 1. The Morgan fingerprint density at radius 2 is 2.44 bits per heavy atom. The van der Waals surface area contributed by atoms with Gasteiger partial charge in [0.05, 0.1) is 11.5 Å². The van der Waals surface area contributed by atoms with Crippen LogP contribution in [0.4, 0.5) is 11.5 Å². The topological polar surface area (TPSA) is 91.9 Å². The second-order valence-electron chi connectivity index (χ2n) is 2.80. The van der Waals surface area contributed by atoms with Crippen molar-refractivity contribution in [3.8, 4) is 6.07 Å². The Labute approximate surface area is 96.3 Å². The molecule has 0 fully saturated rings. The first kappa shape index (κ1) is 11.9. The van der Waals surface area contributed by atoms with Crippen molar-refractivity contribution < 1.29 is 4.92 Å². The molecule has 1 aromatic heterocycles. The van der Waals surface area contributed by atoms with E-state index in [-0.39, 0.29) is 17.9 Å². The molecule has 6 nitrogen and oxygen atoms in total. The minimum atomic E-state index is -0.657. The highest BCUT2D eigenvalue weighted by Crippen LogP contribution is 2.18. The van der Waals surface area contributed by atoms with Gasteiger partial charge in [0.2, 0.25) is 5.69 Å². The lowest BCUT2D eigenvalue weighted by Crippen LogP contribution is -2.04. The average Bonchev–Trinajstić information content (AvgIpc) is 2.25. The Bertz CT molecular complexity index is 481. The minimum absolute atomic E-state index is 0.241. The van der Waals surface area contributed by atoms with E-state index in [1.807, 2.05) is 0 Å². The third-order valence-electron chi connectivity index (χ3n) is 1.64. The van der Waals surface area contributed by atoms with Gasteiger partial charge in [-0.15, -0.1) is 0 Å². The second kappa shape index (κ2) is 5.09. The minimum Gasteiger partial charge on any atom is -0.365 e. The third-order valence-corrected chi connectivity index (χ3v) is 1.77. The maximum Gasteiger partial charge on any atom is 0.305 e. The molecular weight excluding hydrogens is 232 g/mol. The summed E-state index contributed by atoms with van der Waals surface area (Å²) >= 11 is 5.53. The predicted octanol–water partition coefficient (Wildman–Crippen LogP) is 2.03. The Hall–Kier alpha value is -2.13. The number of nitriles is 1. The molecule has 0 aliphatic heterocycles. The molecule has 7 heteroatoms. The number of pyridine rings is 1. The number of aromatic nitrogens is 1. The van der Waals surface area contributed by atoms with Crippen LogP contribution < -0.4 is 5.32 Å². The molecule has 0 saturated carbocycles. The smallest absolute Gasteiger partial charge is 0.305 e. The van der Waals surface area contributed by atoms with Crippen LogP contribution in [-0.2, 0) is 0 Å². The molecule has 0 aliphatic carbocycles. The molecule has 1 N–H and O–H groups in total. The van der Waals surface area contributed by atoms with Crippen LogP contribution in [0.5, 0.6) is 0 Å². The molecule has 0 bridgehead atoms. The lowest BCUT2D eigenvalue weighted by Gasteiger charge is -2.03. The summed E-state index contributed by atoms with van der Waals surface area (Å²) in [5, 5.41) is 22.3. The molecule has 16 heavy (non-hydrogen) atoms. The van der Waals surface area contributed by atoms with Crippen molar-refractivity contribution in [2.45, 2.75) is 0 Å². The molecule has 0 radical (unpaired) electrons. The molecule has 0 aromatic carbocycles. The van der Waals surface area contributed by atoms with Gasteiger partial charge in [-0.25, -0.2) is 4.98 Å². The summed E-state index contributed by atoms with van der Waals surface area (Å²) in [4.78, 5) is 13.6. The highest BCUT2D eigenvalue weighted by Gasteiger charge is 2.15. The van der Waals surface area contributed by atoms with Gasteiger partial charge >= 0.3 is 5.69 Å². The average molecular weight is 239 g/mol. The van der Waals surface area contributed by atoms with E-state index >= 15 is 0 Å². The second-order valence-corrected chi connectivity index (χ2v) is 3.34. The number of rotatable bonds is 4. The quantitative estimate of drug-likeness (QED) is 0.640. The number of nitro groups is 1. The van der Waals surface area contributed by atoms with Crippen LogP contribution in [-0.4, -0.2) is 16.5 Å². The molecule has 0 spiro atoms. The first-order chi connectivity index (χ1) is 7.54. The van der Waals surface area contributed by atoms with Crippen LogP contribution in [0.1, 0.15) is 5.69 Å². The van der Waals surface area contributed by atoms with Gasteiger partial charge in [-0.2, -0.15) is 5.26 Å². The molecule has 1 heterocycles. The molecule has 0 amide bonds. The Kier molecular flexibility index (Phi) is 3.80. The molecule has 0 unspecified atom stereocenters. The van der Waals surface area contributed by atoms with E-state index in [4.69, 9.17) is 16.9 Å². The standard InChI is InChI=1S/C9H7ClN4O2/c1-6(10)5-12-9-3-2-8(14(15)16)7(4-11)13-9/h2-3H,1,5H2,(H,12,13). The van der Waals surface area contributed by atoms with E-state index in [9.17, 15) is 10.1 Å². The Balaban J connectivity index is 2.96. The van der Waals surface area contributed by atoms with Gasteiger partial charge in [-0.3, -0.25) is 10.1 Å². The summed E-state index contributed by atoms with van der Waals surface area (Å²) in [7, 11) is 0. The number of nitrogens with zero attached hydrogens (tertiary/aromatic N) is 3. The van der Waals surface area contributed by atoms with Crippen molar-refractivity contribution in [1.82, 2.24) is 4.98 Å². The van der Waals surface area contributed by atoms with E-state index in [1.54, 1.807) is 6.07 Å². The van der Waals surface area contributed by atoms with Crippen LogP contribution in [0.3, 0.4) is 0 Å². The van der Waals surface area contributed by atoms with E-state index in [0.29, 0.717) is 10.9 Å². The summed E-state index contributed by atoms with van der Waals surface area (Å²) in [6.45, 7) is 3.74. The van der Waals surface area contributed by atoms with Crippen molar-refractivity contribution in [1.29, 1.82) is 5.26 Å². The number of hydrogen-bond acceptors (Lipinski definition) is 5. The fourth-order valence-corrected chi connectivity index (χ4v) is 1.03. The van der Waals surface area contributed by atoms with Crippen molar-refractivity contribution in [3.63, 3.8) is 0 Å². The predicted molar refractivity (Wildman–Crippen MR) is 59.1 cm³/mol. The van der Waals surface area contributed by atoms with Gasteiger partial charge in [0, 0.05) is 11.1 Å². The van der Waals surface area contributed by atoms with Crippen molar-refractivity contribution in [3.05, 3.63) is 39.6 Å². The molecular formula is C9H7ClN4O2. The zero-order valence-electron chi connectivity index (χ0n) is 8.11. The maximum atomic E-state index is 10.5. The summed E-state index contributed by atoms with van der Waals surface area (Å²) in [5.74, 6) is 0.337. The van der Waals surface area contributed by atoms with Crippen LogP contribution >= 0.6 is 11.6 Å². The number of hydrogen-bond donors (Lipinski definition) is 1. The monoisotopic (exact) mass is 238 g/mol. The molecule has 1 rings (SSSR count). The molecule has 0 atom stereocenters. The highest BCUT2D eigenvalue weighted by atomic mass is 35.5.